The second-order valence-electron chi connectivity index (χ2n) is 5.27. The molecule has 1 aromatic heterocycles. The molecule has 0 saturated carbocycles. The average molecular weight is 278 g/mol. The summed E-state index contributed by atoms with van der Waals surface area (Å²) < 4.78 is 0. The lowest BCUT2D eigenvalue weighted by Crippen LogP contribution is -2.15. The van der Waals surface area contributed by atoms with Crippen LogP contribution in [0, 0.1) is 13.8 Å². The molecule has 2 N–H and O–H groups in total. The van der Waals surface area contributed by atoms with Crippen molar-refractivity contribution < 1.29 is 0 Å². The minimum absolute atomic E-state index is 0.441. The molecular formula is C17H18N4. The number of aromatic nitrogens is 2. The number of rotatable bonds is 2. The minimum atomic E-state index is 0.441. The lowest BCUT2D eigenvalue weighted by molar-refractivity contribution is 1.11. The Morgan fingerprint density at radius 2 is 1.62 bits per heavy atom. The Morgan fingerprint density at radius 1 is 0.952 bits per heavy atom. The van der Waals surface area contributed by atoms with Crippen LogP contribution in [0.5, 0.6) is 0 Å². The molecule has 21 heavy (non-hydrogen) atoms. The summed E-state index contributed by atoms with van der Waals surface area (Å²) in [6.45, 7) is 4.17. The van der Waals surface area contributed by atoms with Gasteiger partial charge in [-0.25, -0.2) is 9.97 Å². The number of aryl methyl sites for hydroxylation is 2. The zero-order chi connectivity index (χ0) is 15.0. The van der Waals surface area contributed by atoms with Crippen molar-refractivity contribution in [1.82, 2.24) is 9.97 Å². The fraction of sp³-hybridized carbons (Fsp3) is 0.176. The number of hydrogen-bond acceptors (Lipinski definition) is 4. The molecule has 0 saturated heterocycles. The molecule has 106 valence electrons. The number of nitrogen functional groups attached to an aromatic ring is 1. The maximum Gasteiger partial charge on any atom is 0.176 e. The highest BCUT2D eigenvalue weighted by atomic mass is 15.2. The van der Waals surface area contributed by atoms with Crippen LogP contribution in [-0.2, 0) is 0 Å². The maximum atomic E-state index is 6.09. The number of para-hydroxylation sites is 2. The van der Waals surface area contributed by atoms with Gasteiger partial charge < -0.3 is 10.6 Å². The fourth-order valence-electron chi connectivity index (χ4n) is 2.55. The summed E-state index contributed by atoms with van der Waals surface area (Å²) >= 11 is 0. The van der Waals surface area contributed by atoms with E-state index in [1.807, 2.05) is 36.2 Å². The lowest BCUT2D eigenvalue weighted by atomic mass is 10.1. The van der Waals surface area contributed by atoms with Crippen LogP contribution < -0.4 is 10.6 Å². The highest BCUT2D eigenvalue weighted by molar-refractivity contribution is 5.81. The van der Waals surface area contributed by atoms with E-state index in [-0.39, 0.29) is 0 Å². The first-order chi connectivity index (χ1) is 10.1. The van der Waals surface area contributed by atoms with Crippen molar-refractivity contribution in [3.8, 4) is 0 Å². The van der Waals surface area contributed by atoms with Crippen LogP contribution >= 0.6 is 0 Å². The predicted octanol–water partition coefficient (Wildman–Crippen LogP) is 3.60. The van der Waals surface area contributed by atoms with Gasteiger partial charge in [-0.05, 0) is 37.6 Å². The monoisotopic (exact) mass is 278 g/mol. The zero-order valence-electron chi connectivity index (χ0n) is 12.5. The molecule has 0 atom stereocenters. The topological polar surface area (TPSA) is 55.0 Å². The van der Waals surface area contributed by atoms with Crippen molar-refractivity contribution in [2.75, 3.05) is 17.7 Å². The smallest absolute Gasteiger partial charge is 0.176 e. The minimum Gasteiger partial charge on any atom is -0.381 e. The summed E-state index contributed by atoms with van der Waals surface area (Å²) in [5, 5.41) is 0. The van der Waals surface area contributed by atoms with Crippen molar-refractivity contribution in [2.45, 2.75) is 13.8 Å². The van der Waals surface area contributed by atoms with Gasteiger partial charge >= 0.3 is 0 Å². The van der Waals surface area contributed by atoms with Crippen LogP contribution in [0.25, 0.3) is 11.0 Å². The van der Waals surface area contributed by atoms with Crippen LogP contribution in [0.1, 0.15) is 11.1 Å². The fourth-order valence-corrected chi connectivity index (χ4v) is 2.55. The lowest BCUT2D eigenvalue weighted by Gasteiger charge is -2.22. The molecule has 0 radical (unpaired) electrons. The molecule has 0 spiro atoms. The number of anilines is 3. The summed E-state index contributed by atoms with van der Waals surface area (Å²) in [5.41, 5.74) is 11.3. The summed E-state index contributed by atoms with van der Waals surface area (Å²) in [5.74, 6) is 1.12. The number of nitrogens with two attached hydrogens (primary N) is 1. The summed E-state index contributed by atoms with van der Waals surface area (Å²) in [6.07, 6.45) is 0. The Morgan fingerprint density at radius 3 is 2.29 bits per heavy atom. The van der Waals surface area contributed by atoms with E-state index < -0.39 is 0 Å². The summed E-state index contributed by atoms with van der Waals surface area (Å²) in [7, 11) is 1.97. The quantitative estimate of drug-likeness (QED) is 0.778. The SMILES string of the molecule is Cc1ccc(N(C)c2nc3ccccc3nc2N)c(C)c1. The van der Waals surface area contributed by atoms with Crippen molar-refractivity contribution in [3.05, 3.63) is 53.6 Å². The highest BCUT2D eigenvalue weighted by Crippen LogP contribution is 2.30. The molecule has 4 nitrogen and oxygen atoms in total. The Labute approximate surface area is 124 Å². The van der Waals surface area contributed by atoms with Gasteiger partial charge in [0.1, 0.15) is 0 Å². The van der Waals surface area contributed by atoms with Gasteiger partial charge in [-0.3, -0.25) is 0 Å². The second kappa shape index (κ2) is 5.05. The van der Waals surface area contributed by atoms with Crippen molar-refractivity contribution >= 4 is 28.4 Å². The molecule has 0 aliphatic carbocycles. The molecule has 0 bridgehead atoms. The maximum absolute atomic E-state index is 6.09. The van der Waals surface area contributed by atoms with Gasteiger partial charge in [-0.2, -0.15) is 0 Å². The van der Waals surface area contributed by atoms with E-state index in [0.29, 0.717) is 11.6 Å². The number of benzene rings is 2. The second-order valence-corrected chi connectivity index (χ2v) is 5.27. The number of hydrogen-bond donors (Lipinski definition) is 1. The van der Waals surface area contributed by atoms with Gasteiger partial charge in [0.25, 0.3) is 0 Å². The van der Waals surface area contributed by atoms with Crippen LogP contribution in [0.3, 0.4) is 0 Å². The molecule has 4 heteroatoms. The van der Waals surface area contributed by atoms with Gasteiger partial charge in [-0.1, -0.05) is 29.8 Å². The Hall–Kier alpha value is -2.62. The third-order valence-electron chi connectivity index (χ3n) is 3.61. The molecule has 0 amide bonds. The number of nitrogens with zero attached hydrogens (tertiary/aromatic N) is 3. The van der Waals surface area contributed by atoms with Gasteiger partial charge in [0, 0.05) is 12.7 Å². The van der Waals surface area contributed by atoms with Crippen molar-refractivity contribution in [2.24, 2.45) is 0 Å². The molecule has 3 aromatic rings. The van der Waals surface area contributed by atoms with Gasteiger partial charge in [0.15, 0.2) is 11.6 Å². The summed E-state index contributed by atoms with van der Waals surface area (Å²) in [6, 6.07) is 14.1. The van der Waals surface area contributed by atoms with E-state index in [1.165, 1.54) is 11.1 Å². The van der Waals surface area contributed by atoms with Crippen molar-refractivity contribution in [1.29, 1.82) is 0 Å². The van der Waals surface area contributed by atoms with E-state index in [2.05, 4.69) is 42.0 Å². The molecule has 0 fully saturated rings. The Kier molecular flexibility index (Phi) is 3.22. The van der Waals surface area contributed by atoms with Crippen LogP contribution in [-0.4, -0.2) is 17.0 Å². The third-order valence-corrected chi connectivity index (χ3v) is 3.61. The Bertz CT molecular complexity index is 811. The molecular weight excluding hydrogens is 260 g/mol. The largest absolute Gasteiger partial charge is 0.381 e. The molecule has 1 heterocycles. The van der Waals surface area contributed by atoms with Gasteiger partial charge in [0.2, 0.25) is 0 Å². The van der Waals surface area contributed by atoms with Crippen LogP contribution in [0.4, 0.5) is 17.3 Å². The average Bonchev–Trinajstić information content (AvgIpc) is 2.46. The first-order valence-electron chi connectivity index (χ1n) is 6.89. The van der Waals surface area contributed by atoms with E-state index in [9.17, 15) is 0 Å². The van der Waals surface area contributed by atoms with Crippen molar-refractivity contribution in [3.63, 3.8) is 0 Å². The van der Waals surface area contributed by atoms with E-state index in [0.717, 1.165) is 16.7 Å². The van der Waals surface area contributed by atoms with Crippen LogP contribution in [0.2, 0.25) is 0 Å². The molecule has 0 aliphatic rings. The van der Waals surface area contributed by atoms with E-state index >= 15 is 0 Å². The van der Waals surface area contributed by atoms with Crippen LogP contribution in [0.15, 0.2) is 42.5 Å². The Balaban J connectivity index is 2.12. The molecule has 3 rings (SSSR count). The molecule has 0 unspecified atom stereocenters. The zero-order valence-corrected chi connectivity index (χ0v) is 12.5. The number of fused-ring (bicyclic) bond motifs is 1. The molecule has 0 aliphatic heterocycles. The van der Waals surface area contributed by atoms with E-state index in [1.54, 1.807) is 0 Å². The highest BCUT2D eigenvalue weighted by Gasteiger charge is 2.13. The van der Waals surface area contributed by atoms with Gasteiger partial charge in [-0.15, -0.1) is 0 Å². The third kappa shape index (κ3) is 2.40. The van der Waals surface area contributed by atoms with E-state index in [4.69, 9.17) is 5.73 Å². The molecule has 2 aromatic carbocycles. The predicted molar refractivity (Wildman–Crippen MR) is 87.9 cm³/mol. The summed E-state index contributed by atoms with van der Waals surface area (Å²) in [4.78, 5) is 11.1. The normalized spacial score (nSPS) is 10.8. The first kappa shape index (κ1) is 13.4. The van der Waals surface area contributed by atoms with Gasteiger partial charge in [0.05, 0.1) is 11.0 Å². The first-order valence-corrected chi connectivity index (χ1v) is 6.89. The standard InChI is InChI=1S/C17H18N4/c1-11-8-9-15(12(2)10-11)21(3)17-16(18)19-13-6-4-5-7-14(13)20-17/h4-10H,1-3H3,(H2,18,19).